The van der Waals surface area contributed by atoms with Gasteiger partial charge in [0.25, 0.3) is 0 Å². The molecule has 2 rings (SSSR count). The summed E-state index contributed by atoms with van der Waals surface area (Å²) in [7, 11) is 0. The van der Waals surface area contributed by atoms with Crippen LogP contribution in [-0.2, 0) is 6.54 Å². The van der Waals surface area contributed by atoms with Crippen LogP contribution in [0.3, 0.4) is 0 Å². The molecule has 0 radical (unpaired) electrons. The Kier molecular flexibility index (Phi) is 2.96. The molecule has 84 valence electrons. The monoisotopic (exact) mass is 223 g/mol. The van der Waals surface area contributed by atoms with Crippen LogP contribution in [0.25, 0.3) is 11.4 Å². The highest BCUT2D eigenvalue weighted by molar-refractivity contribution is 5.55. The van der Waals surface area contributed by atoms with Crippen molar-refractivity contribution < 1.29 is 8.78 Å². The minimum atomic E-state index is -0.614. The number of halogens is 2. The Labute approximate surface area is 91.5 Å². The summed E-state index contributed by atoms with van der Waals surface area (Å²) in [5.74, 6) is -0.710. The molecule has 0 bridgehead atoms. The summed E-state index contributed by atoms with van der Waals surface area (Å²) >= 11 is 0. The highest BCUT2D eigenvalue weighted by Crippen LogP contribution is 2.19. The number of aromatic nitrogens is 2. The quantitative estimate of drug-likeness (QED) is 0.862. The minimum absolute atomic E-state index is 0.413. The third-order valence-electron chi connectivity index (χ3n) is 2.21. The van der Waals surface area contributed by atoms with Crippen LogP contribution in [0.5, 0.6) is 0 Å². The average molecular weight is 223 g/mol. The van der Waals surface area contributed by atoms with E-state index in [-0.39, 0.29) is 0 Å². The van der Waals surface area contributed by atoms with Crippen molar-refractivity contribution in [2.24, 2.45) is 5.73 Å². The number of nitrogens with two attached hydrogens (primary N) is 1. The summed E-state index contributed by atoms with van der Waals surface area (Å²) < 4.78 is 27.8. The first-order chi connectivity index (χ1) is 7.70. The van der Waals surface area contributed by atoms with E-state index in [2.05, 4.69) is 4.98 Å². The first-order valence-electron chi connectivity index (χ1n) is 4.88. The lowest BCUT2D eigenvalue weighted by atomic mass is 10.2. The molecule has 0 aliphatic rings. The summed E-state index contributed by atoms with van der Waals surface area (Å²) in [6, 6.07) is 3.33. The number of benzene rings is 1. The lowest BCUT2D eigenvalue weighted by molar-refractivity contribution is 0.583. The molecule has 0 amide bonds. The van der Waals surface area contributed by atoms with Gasteiger partial charge in [0.1, 0.15) is 17.5 Å². The molecule has 0 fully saturated rings. The van der Waals surface area contributed by atoms with Crippen molar-refractivity contribution >= 4 is 0 Å². The number of hydrogen-bond acceptors (Lipinski definition) is 2. The van der Waals surface area contributed by atoms with E-state index in [9.17, 15) is 8.78 Å². The Balaban J connectivity index is 2.45. The van der Waals surface area contributed by atoms with Crippen LogP contribution in [-0.4, -0.2) is 16.1 Å². The summed E-state index contributed by atoms with van der Waals surface area (Å²) in [6.07, 6.45) is 3.30. The smallest absolute Gasteiger partial charge is 0.140 e. The van der Waals surface area contributed by atoms with Crippen molar-refractivity contribution in [3.63, 3.8) is 0 Å². The second-order valence-corrected chi connectivity index (χ2v) is 3.39. The Bertz CT molecular complexity index is 473. The Morgan fingerprint density at radius 2 is 1.88 bits per heavy atom. The predicted octanol–water partition coefficient (Wildman–Crippen LogP) is 1.79. The van der Waals surface area contributed by atoms with E-state index in [1.165, 1.54) is 12.1 Å². The third-order valence-corrected chi connectivity index (χ3v) is 2.21. The maximum Gasteiger partial charge on any atom is 0.140 e. The van der Waals surface area contributed by atoms with Gasteiger partial charge in [-0.15, -0.1) is 0 Å². The molecule has 1 aromatic carbocycles. The lowest BCUT2D eigenvalue weighted by Crippen LogP contribution is -2.10. The molecular formula is C11H11F2N3. The van der Waals surface area contributed by atoms with Gasteiger partial charge in [-0.1, -0.05) is 0 Å². The average Bonchev–Trinajstić information content (AvgIpc) is 2.65. The maximum absolute atomic E-state index is 13.0. The zero-order valence-corrected chi connectivity index (χ0v) is 8.53. The Morgan fingerprint density at radius 1 is 1.19 bits per heavy atom. The summed E-state index contributed by atoms with van der Waals surface area (Å²) in [6.45, 7) is 1.01. The fraction of sp³-hybridized carbons (Fsp3) is 0.182. The molecule has 0 aliphatic heterocycles. The molecule has 0 spiro atoms. The number of nitrogens with zero attached hydrogens (tertiary/aromatic N) is 2. The predicted molar refractivity (Wildman–Crippen MR) is 56.6 cm³/mol. The normalized spacial score (nSPS) is 10.7. The fourth-order valence-corrected chi connectivity index (χ4v) is 1.57. The van der Waals surface area contributed by atoms with Gasteiger partial charge >= 0.3 is 0 Å². The van der Waals surface area contributed by atoms with Crippen molar-refractivity contribution in [1.82, 2.24) is 9.55 Å². The summed E-state index contributed by atoms with van der Waals surface area (Å²) in [4.78, 5) is 4.06. The van der Waals surface area contributed by atoms with Crippen molar-refractivity contribution in [1.29, 1.82) is 0 Å². The lowest BCUT2D eigenvalue weighted by Gasteiger charge is -2.06. The van der Waals surface area contributed by atoms with Crippen LogP contribution in [0, 0.1) is 11.6 Å². The molecule has 1 heterocycles. The Hall–Kier alpha value is -1.75. The van der Waals surface area contributed by atoms with Crippen LogP contribution >= 0.6 is 0 Å². The standard InChI is InChI=1S/C11H11F2N3/c12-9-5-8(6-10(13)7-9)11-15-2-4-16(11)3-1-14/h2,4-7H,1,3,14H2. The molecular weight excluding hydrogens is 212 g/mol. The molecule has 1 aromatic heterocycles. The van der Waals surface area contributed by atoms with Crippen molar-refractivity contribution in [3.05, 3.63) is 42.2 Å². The Morgan fingerprint density at radius 3 is 2.50 bits per heavy atom. The molecule has 2 aromatic rings. The van der Waals surface area contributed by atoms with E-state index in [0.29, 0.717) is 24.5 Å². The van der Waals surface area contributed by atoms with Gasteiger partial charge in [-0.2, -0.15) is 0 Å². The molecule has 16 heavy (non-hydrogen) atoms. The number of rotatable bonds is 3. The van der Waals surface area contributed by atoms with Gasteiger partial charge in [0.15, 0.2) is 0 Å². The second kappa shape index (κ2) is 4.40. The molecule has 3 nitrogen and oxygen atoms in total. The molecule has 2 N–H and O–H groups in total. The topological polar surface area (TPSA) is 43.8 Å². The molecule has 0 atom stereocenters. The fourth-order valence-electron chi connectivity index (χ4n) is 1.57. The van der Waals surface area contributed by atoms with Gasteiger partial charge < -0.3 is 10.3 Å². The van der Waals surface area contributed by atoms with E-state index in [1.54, 1.807) is 17.0 Å². The maximum atomic E-state index is 13.0. The number of hydrogen-bond donors (Lipinski definition) is 1. The first-order valence-corrected chi connectivity index (χ1v) is 4.88. The van der Waals surface area contributed by atoms with Gasteiger partial charge in [0.2, 0.25) is 0 Å². The van der Waals surface area contributed by atoms with Crippen molar-refractivity contribution in [2.75, 3.05) is 6.54 Å². The molecule has 5 heteroatoms. The number of imidazole rings is 1. The minimum Gasteiger partial charge on any atom is -0.330 e. The zero-order valence-electron chi connectivity index (χ0n) is 8.53. The molecule has 0 saturated heterocycles. The molecule has 0 saturated carbocycles. The third kappa shape index (κ3) is 2.09. The van der Waals surface area contributed by atoms with E-state index >= 15 is 0 Å². The molecule has 0 aliphatic carbocycles. The van der Waals surface area contributed by atoms with E-state index in [0.717, 1.165) is 6.07 Å². The van der Waals surface area contributed by atoms with Crippen LogP contribution in [0.4, 0.5) is 8.78 Å². The van der Waals surface area contributed by atoms with Gasteiger partial charge in [0.05, 0.1) is 0 Å². The summed E-state index contributed by atoms with van der Waals surface area (Å²) in [5, 5.41) is 0. The highest BCUT2D eigenvalue weighted by atomic mass is 19.1. The summed E-state index contributed by atoms with van der Waals surface area (Å²) in [5.41, 5.74) is 5.84. The van der Waals surface area contributed by atoms with Gasteiger partial charge in [-0.05, 0) is 12.1 Å². The van der Waals surface area contributed by atoms with E-state index < -0.39 is 11.6 Å². The first kappa shape index (κ1) is 10.8. The zero-order chi connectivity index (χ0) is 11.5. The molecule has 0 unspecified atom stereocenters. The van der Waals surface area contributed by atoms with E-state index in [4.69, 9.17) is 5.73 Å². The van der Waals surface area contributed by atoms with Gasteiger partial charge in [-0.3, -0.25) is 0 Å². The van der Waals surface area contributed by atoms with E-state index in [1.807, 2.05) is 0 Å². The van der Waals surface area contributed by atoms with Gasteiger partial charge in [0, 0.05) is 37.1 Å². The van der Waals surface area contributed by atoms with Crippen molar-refractivity contribution in [2.45, 2.75) is 6.54 Å². The van der Waals surface area contributed by atoms with Gasteiger partial charge in [-0.25, -0.2) is 13.8 Å². The SMILES string of the molecule is NCCn1ccnc1-c1cc(F)cc(F)c1. The largest absolute Gasteiger partial charge is 0.330 e. The van der Waals surface area contributed by atoms with Crippen LogP contribution in [0.1, 0.15) is 0 Å². The van der Waals surface area contributed by atoms with Crippen LogP contribution < -0.4 is 5.73 Å². The second-order valence-electron chi connectivity index (χ2n) is 3.39. The van der Waals surface area contributed by atoms with Crippen LogP contribution in [0.2, 0.25) is 0 Å². The van der Waals surface area contributed by atoms with Crippen LogP contribution in [0.15, 0.2) is 30.6 Å². The highest BCUT2D eigenvalue weighted by Gasteiger charge is 2.08. The van der Waals surface area contributed by atoms with Crippen molar-refractivity contribution in [3.8, 4) is 11.4 Å².